The largest absolute Gasteiger partial charge is 0.467 e. The van der Waals surface area contributed by atoms with Crippen molar-refractivity contribution in [2.45, 2.75) is 32.9 Å². The van der Waals surface area contributed by atoms with Crippen LogP contribution in [0.4, 0.5) is 0 Å². The lowest BCUT2D eigenvalue weighted by Crippen LogP contribution is -2.40. The predicted molar refractivity (Wildman–Crippen MR) is 105 cm³/mol. The number of hydrogen-bond donors (Lipinski definition) is 2. The fraction of sp³-hybridized carbons (Fsp3) is 0.350. The molecule has 0 spiro atoms. The number of aromatic nitrogens is 3. The number of nitrogens with one attached hydrogen (secondary N) is 2. The minimum atomic E-state index is 0.501. The van der Waals surface area contributed by atoms with Crippen LogP contribution in [0.1, 0.15) is 24.1 Å². The first kappa shape index (κ1) is 18.7. The summed E-state index contributed by atoms with van der Waals surface area (Å²) in [6.07, 6.45) is 5.24. The summed E-state index contributed by atoms with van der Waals surface area (Å²) < 4.78 is 7.42. The average Bonchev–Trinajstić information content (AvgIpc) is 3.38. The fourth-order valence-corrected chi connectivity index (χ4v) is 2.74. The highest BCUT2D eigenvalue weighted by Crippen LogP contribution is 2.02. The van der Waals surface area contributed by atoms with Gasteiger partial charge in [-0.15, -0.1) is 10.2 Å². The van der Waals surface area contributed by atoms with Crippen molar-refractivity contribution in [3.8, 4) is 0 Å². The number of guanidine groups is 1. The molecule has 0 saturated heterocycles. The molecule has 0 amide bonds. The second kappa shape index (κ2) is 10.2. The molecule has 0 saturated carbocycles. The van der Waals surface area contributed by atoms with Crippen molar-refractivity contribution in [1.29, 1.82) is 0 Å². The van der Waals surface area contributed by atoms with Gasteiger partial charge in [-0.3, -0.25) is 0 Å². The molecule has 142 valence electrons. The summed E-state index contributed by atoms with van der Waals surface area (Å²) in [6, 6.07) is 14.2. The Morgan fingerprint density at radius 2 is 1.96 bits per heavy atom. The van der Waals surface area contributed by atoms with Crippen molar-refractivity contribution < 1.29 is 4.42 Å². The zero-order valence-corrected chi connectivity index (χ0v) is 15.6. The van der Waals surface area contributed by atoms with E-state index in [1.807, 2.05) is 18.2 Å². The third-order valence-electron chi connectivity index (χ3n) is 4.18. The first-order valence-electron chi connectivity index (χ1n) is 9.30. The predicted octanol–water partition coefficient (Wildman–Crippen LogP) is 2.41. The minimum absolute atomic E-state index is 0.501. The standard InChI is InChI=1S/C20H26N6O/c1-2-19-25-24-16-26(19)13-12-22-20(23-15-18-9-6-14-27-18)21-11-10-17-7-4-3-5-8-17/h3-9,14,16H,2,10-13,15H2,1H3,(H2,21,22,23). The average molecular weight is 366 g/mol. The molecule has 0 aliphatic carbocycles. The van der Waals surface area contributed by atoms with E-state index in [1.165, 1.54) is 5.56 Å². The van der Waals surface area contributed by atoms with Gasteiger partial charge in [0.1, 0.15) is 24.5 Å². The molecule has 2 heterocycles. The summed E-state index contributed by atoms with van der Waals surface area (Å²) in [5.41, 5.74) is 1.30. The Balaban J connectivity index is 1.52. The number of hydrogen-bond acceptors (Lipinski definition) is 4. The molecule has 7 heteroatoms. The monoisotopic (exact) mass is 366 g/mol. The maximum absolute atomic E-state index is 5.37. The molecule has 0 aliphatic heterocycles. The summed E-state index contributed by atoms with van der Waals surface area (Å²) in [6.45, 7) is 4.91. The summed E-state index contributed by atoms with van der Waals surface area (Å²) in [5.74, 6) is 2.60. The Labute approximate surface area is 159 Å². The molecule has 2 N–H and O–H groups in total. The van der Waals surface area contributed by atoms with Gasteiger partial charge in [-0.25, -0.2) is 4.99 Å². The van der Waals surface area contributed by atoms with Crippen LogP contribution in [0.25, 0.3) is 0 Å². The summed E-state index contributed by atoms with van der Waals surface area (Å²) >= 11 is 0. The Kier molecular flexibility index (Phi) is 7.03. The van der Waals surface area contributed by atoms with E-state index < -0.39 is 0 Å². The van der Waals surface area contributed by atoms with Gasteiger partial charge in [0.15, 0.2) is 5.96 Å². The SMILES string of the molecule is CCc1nncn1CCNC(=NCc1ccco1)NCCc1ccccc1. The maximum Gasteiger partial charge on any atom is 0.191 e. The third kappa shape index (κ3) is 5.99. The van der Waals surface area contributed by atoms with Gasteiger partial charge in [-0.1, -0.05) is 37.3 Å². The van der Waals surface area contributed by atoms with E-state index in [0.717, 1.165) is 50.0 Å². The number of nitrogens with zero attached hydrogens (tertiary/aromatic N) is 4. The van der Waals surface area contributed by atoms with Gasteiger partial charge >= 0.3 is 0 Å². The highest BCUT2D eigenvalue weighted by atomic mass is 16.3. The maximum atomic E-state index is 5.37. The molecule has 0 fully saturated rings. The van der Waals surface area contributed by atoms with Crippen molar-refractivity contribution in [3.63, 3.8) is 0 Å². The van der Waals surface area contributed by atoms with Crippen LogP contribution in [0, 0.1) is 0 Å². The Morgan fingerprint density at radius 3 is 2.74 bits per heavy atom. The topological polar surface area (TPSA) is 80.3 Å². The molecule has 0 radical (unpaired) electrons. The minimum Gasteiger partial charge on any atom is -0.467 e. The smallest absolute Gasteiger partial charge is 0.191 e. The van der Waals surface area contributed by atoms with Crippen molar-refractivity contribution in [1.82, 2.24) is 25.4 Å². The zero-order valence-electron chi connectivity index (χ0n) is 15.6. The molecular weight excluding hydrogens is 340 g/mol. The van der Waals surface area contributed by atoms with Gasteiger partial charge in [0.2, 0.25) is 0 Å². The van der Waals surface area contributed by atoms with E-state index >= 15 is 0 Å². The fourth-order valence-electron chi connectivity index (χ4n) is 2.74. The molecular formula is C20H26N6O. The van der Waals surface area contributed by atoms with Gasteiger partial charge in [0.25, 0.3) is 0 Å². The second-order valence-corrected chi connectivity index (χ2v) is 6.13. The van der Waals surface area contributed by atoms with Crippen LogP contribution in [0.3, 0.4) is 0 Å². The number of aliphatic imine (C=N–C) groups is 1. The first-order chi connectivity index (χ1) is 13.3. The molecule has 0 bridgehead atoms. The van der Waals surface area contributed by atoms with Crippen molar-refractivity contribution >= 4 is 5.96 Å². The first-order valence-corrected chi connectivity index (χ1v) is 9.30. The summed E-state index contributed by atoms with van der Waals surface area (Å²) in [7, 11) is 0. The second-order valence-electron chi connectivity index (χ2n) is 6.13. The molecule has 0 unspecified atom stereocenters. The van der Waals surface area contributed by atoms with Crippen LogP contribution in [0.15, 0.2) is 64.5 Å². The summed E-state index contributed by atoms with van der Waals surface area (Å²) in [4.78, 5) is 4.62. The molecule has 27 heavy (non-hydrogen) atoms. The van der Waals surface area contributed by atoms with E-state index in [2.05, 4.69) is 61.6 Å². The summed E-state index contributed by atoms with van der Waals surface area (Å²) in [5, 5.41) is 14.9. The molecule has 1 aromatic carbocycles. The van der Waals surface area contributed by atoms with Gasteiger partial charge in [-0.05, 0) is 24.1 Å². The van der Waals surface area contributed by atoms with Crippen LogP contribution >= 0.6 is 0 Å². The lowest BCUT2D eigenvalue weighted by Gasteiger charge is -2.13. The number of aryl methyl sites for hydroxylation is 1. The van der Waals surface area contributed by atoms with E-state index in [1.54, 1.807) is 12.6 Å². The van der Waals surface area contributed by atoms with Crippen LogP contribution in [-0.4, -0.2) is 33.8 Å². The molecule has 7 nitrogen and oxygen atoms in total. The van der Waals surface area contributed by atoms with E-state index in [-0.39, 0.29) is 0 Å². The van der Waals surface area contributed by atoms with Crippen LogP contribution in [0.5, 0.6) is 0 Å². The van der Waals surface area contributed by atoms with Crippen molar-refractivity contribution in [3.05, 3.63) is 72.2 Å². The van der Waals surface area contributed by atoms with Crippen molar-refractivity contribution in [2.24, 2.45) is 4.99 Å². The van der Waals surface area contributed by atoms with E-state index in [9.17, 15) is 0 Å². The molecule has 3 rings (SSSR count). The van der Waals surface area contributed by atoms with Crippen LogP contribution in [0.2, 0.25) is 0 Å². The molecule has 2 aromatic heterocycles. The lowest BCUT2D eigenvalue weighted by atomic mass is 10.1. The number of rotatable bonds is 9. The van der Waals surface area contributed by atoms with Gasteiger partial charge in [0.05, 0.1) is 6.26 Å². The molecule has 3 aromatic rings. The van der Waals surface area contributed by atoms with Gasteiger partial charge in [0, 0.05) is 26.1 Å². The third-order valence-corrected chi connectivity index (χ3v) is 4.18. The Hall–Kier alpha value is -3.09. The highest BCUT2D eigenvalue weighted by Gasteiger charge is 2.03. The Morgan fingerprint density at radius 1 is 1.11 bits per heavy atom. The highest BCUT2D eigenvalue weighted by molar-refractivity contribution is 5.79. The van der Waals surface area contributed by atoms with Gasteiger partial charge in [-0.2, -0.15) is 0 Å². The molecule has 0 atom stereocenters. The van der Waals surface area contributed by atoms with Crippen LogP contribution < -0.4 is 10.6 Å². The van der Waals surface area contributed by atoms with E-state index in [0.29, 0.717) is 6.54 Å². The quantitative estimate of drug-likeness (QED) is 0.449. The zero-order chi connectivity index (χ0) is 18.7. The lowest BCUT2D eigenvalue weighted by molar-refractivity contribution is 0.511. The van der Waals surface area contributed by atoms with E-state index in [4.69, 9.17) is 4.42 Å². The molecule has 0 aliphatic rings. The van der Waals surface area contributed by atoms with Crippen molar-refractivity contribution in [2.75, 3.05) is 13.1 Å². The van der Waals surface area contributed by atoms with Gasteiger partial charge < -0.3 is 19.6 Å². The Bertz CT molecular complexity index is 810. The van der Waals surface area contributed by atoms with Crippen LogP contribution in [-0.2, 0) is 25.9 Å². The number of furan rings is 1. The normalized spacial score (nSPS) is 11.5. The number of benzene rings is 1.